The zero-order valence-corrected chi connectivity index (χ0v) is 14.4. The second-order valence-electron chi connectivity index (χ2n) is 5.77. The van der Waals surface area contributed by atoms with Crippen molar-refractivity contribution in [2.45, 2.75) is 26.4 Å². The van der Waals surface area contributed by atoms with Crippen molar-refractivity contribution in [2.24, 2.45) is 16.8 Å². The molecule has 24 heavy (non-hydrogen) atoms. The van der Waals surface area contributed by atoms with E-state index in [-0.39, 0.29) is 24.4 Å². The SMILES string of the molecule is CCNC(=NCCCOCC(F)(F)F)N1CC(C)C(C(=O)OC)C1. The van der Waals surface area contributed by atoms with Gasteiger partial charge in [-0.05, 0) is 19.3 Å². The molecule has 1 aliphatic rings. The minimum atomic E-state index is -4.30. The lowest BCUT2D eigenvalue weighted by Gasteiger charge is -2.21. The Morgan fingerprint density at radius 2 is 2.08 bits per heavy atom. The van der Waals surface area contributed by atoms with Gasteiger partial charge < -0.3 is 19.7 Å². The van der Waals surface area contributed by atoms with Crippen molar-refractivity contribution in [1.29, 1.82) is 0 Å². The molecule has 0 aromatic heterocycles. The molecule has 0 aromatic carbocycles. The van der Waals surface area contributed by atoms with Crippen LogP contribution < -0.4 is 5.32 Å². The Balaban J connectivity index is 2.47. The molecule has 0 amide bonds. The fraction of sp³-hybridized carbons (Fsp3) is 0.867. The predicted octanol–water partition coefficient (Wildman–Crippen LogP) is 1.66. The van der Waals surface area contributed by atoms with E-state index < -0.39 is 12.8 Å². The van der Waals surface area contributed by atoms with E-state index in [0.29, 0.717) is 38.6 Å². The molecule has 0 spiro atoms. The van der Waals surface area contributed by atoms with Gasteiger partial charge in [0.25, 0.3) is 0 Å². The van der Waals surface area contributed by atoms with Gasteiger partial charge in [-0.25, -0.2) is 0 Å². The van der Waals surface area contributed by atoms with Crippen LogP contribution in [0.3, 0.4) is 0 Å². The molecule has 0 aliphatic carbocycles. The van der Waals surface area contributed by atoms with Crippen LogP contribution in [0.1, 0.15) is 20.3 Å². The van der Waals surface area contributed by atoms with Crippen LogP contribution in [0, 0.1) is 11.8 Å². The molecule has 140 valence electrons. The van der Waals surface area contributed by atoms with Gasteiger partial charge in [-0.15, -0.1) is 0 Å². The number of hydrogen-bond donors (Lipinski definition) is 1. The third-order valence-corrected chi connectivity index (χ3v) is 3.72. The topological polar surface area (TPSA) is 63.2 Å². The van der Waals surface area contributed by atoms with Crippen LogP contribution in [0.2, 0.25) is 0 Å². The number of aliphatic imine (C=N–C) groups is 1. The van der Waals surface area contributed by atoms with Gasteiger partial charge in [0.15, 0.2) is 5.96 Å². The van der Waals surface area contributed by atoms with Crippen molar-refractivity contribution in [2.75, 3.05) is 46.5 Å². The maximum atomic E-state index is 12.0. The van der Waals surface area contributed by atoms with Crippen molar-refractivity contribution in [3.05, 3.63) is 0 Å². The number of carbonyl (C=O) groups is 1. The van der Waals surface area contributed by atoms with Crippen LogP contribution in [0.5, 0.6) is 0 Å². The number of esters is 1. The molecule has 2 atom stereocenters. The predicted molar refractivity (Wildman–Crippen MR) is 83.7 cm³/mol. The van der Waals surface area contributed by atoms with Crippen molar-refractivity contribution in [3.63, 3.8) is 0 Å². The van der Waals surface area contributed by atoms with Gasteiger partial charge in [0.05, 0.1) is 13.0 Å². The second-order valence-corrected chi connectivity index (χ2v) is 5.77. The van der Waals surface area contributed by atoms with Crippen molar-refractivity contribution in [1.82, 2.24) is 10.2 Å². The average molecular weight is 353 g/mol. The lowest BCUT2D eigenvalue weighted by Crippen LogP contribution is -2.40. The Morgan fingerprint density at radius 1 is 1.38 bits per heavy atom. The normalized spacial score (nSPS) is 21.9. The molecular weight excluding hydrogens is 327 g/mol. The highest BCUT2D eigenvalue weighted by Gasteiger charge is 2.36. The highest BCUT2D eigenvalue weighted by molar-refractivity contribution is 5.82. The van der Waals surface area contributed by atoms with Gasteiger partial charge >= 0.3 is 12.1 Å². The molecule has 0 bridgehead atoms. The molecule has 0 radical (unpaired) electrons. The molecule has 6 nitrogen and oxygen atoms in total. The third kappa shape index (κ3) is 6.94. The number of hydrogen-bond acceptors (Lipinski definition) is 4. The van der Waals surface area contributed by atoms with E-state index in [4.69, 9.17) is 4.74 Å². The van der Waals surface area contributed by atoms with Crippen molar-refractivity contribution >= 4 is 11.9 Å². The molecule has 2 unspecified atom stereocenters. The first-order valence-corrected chi connectivity index (χ1v) is 8.04. The van der Waals surface area contributed by atoms with Crippen LogP contribution in [-0.2, 0) is 14.3 Å². The highest BCUT2D eigenvalue weighted by atomic mass is 19.4. The Morgan fingerprint density at radius 3 is 2.67 bits per heavy atom. The average Bonchev–Trinajstić information content (AvgIpc) is 2.89. The van der Waals surface area contributed by atoms with Gasteiger partial charge in [-0.3, -0.25) is 9.79 Å². The molecule has 9 heteroatoms. The van der Waals surface area contributed by atoms with Crippen LogP contribution in [0.25, 0.3) is 0 Å². The Kier molecular flexibility index (Phi) is 8.30. The van der Waals surface area contributed by atoms with Crippen molar-refractivity contribution < 1.29 is 27.4 Å². The second kappa shape index (κ2) is 9.71. The highest BCUT2D eigenvalue weighted by Crippen LogP contribution is 2.24. The molecule has 1 aliphatic heterocycles. The van der Waals surface area contributed by atoms with Gasteiger partial charge in [-0.1, -0.05) is 6.92 Å². The number of methoxy groups -OCH3 is 1. The minimum Gasteiger partial charge on any atom is -0.469 e. The zero-order valence-electron chi connectivity index (χ0n) is 14.4. The fourth-order valence-corrected chi connectivity index (χ4v) is 2.56. The van der Waals surface area contributed by atoms with E-state index in [1.54, 1.807) is 0 Å². The monoisotopic (exact) mass is 353 g/mol. The zero-order chi connectivity index (χ0) is 18.2. The van der Waals surface area contributed by atoms with E-state index in [9.17, 15) is 18.0 Å². The molecular formula is C15H26F3N3O3. The van der Waals surface area contributed by atoms with Crippen molar-refractivity contribution in [3.8, 4) is 0 Å². The summed E-state index contributed by atoms with van der Waals surface area (Å²) in [6.07, 6.45) is -3.90. The number of guanidine groups is 1. The molecule has 0 aromatic rings. The number of rotatable bonds is 7. The van der Waals surface area contributed by atoms with Gasteiger partial charge in [0.2, 0.25) is 0 Å². The first-order chi connectivity index (χ1) is 11.3. The number of ether oxygens (including phenoxy) is 2. The summed E-state index contributed by atoms with van der Waals surface area (Å²) in [5.41, 5.74) is 0. The summed E-state index contributed by atoms with van der Waals surface area (Å²) < 4.78 is 45.2. The van der Waals surface area contributed by atoms with E-state index in [1.165, 1.54) is 7.11 Å². The molecule has 0 saturated carbocycles. The minimum absolute atomic E-state index is 0.00357. The summed E-state index contributed by atoms with van der Waals surface area (Å²) in [4.78, 5) is 18.1. The van der Waals surface area contributed by atoms with E-state index in [2.05, 4.69) is 15.0 Å². The van der Waals surface area contributed by atoms with Gasteiger partial charge in [0, 0.05) is 32.8 Å². The Labute approximate surface area is 140 Å². The Bertz CT molecular complexity index is 430. The molecule has 1 N–H and O–H groups in total. The quantitative estimate of drug-likeness (QED) is 0.326. The summed E-state index contributed by atoms with van der Waals surface area (Å²) in [5, 5.41) is 3.14. The first-order valence-electron chi connectivity index (χ1n) is 8.04. The van der Waals surface area contributed by atoms with E-state index in [1.807, 2.05) is 18.7 Å². The molecule has 1 fully saturated rings. The summed E-state index contributed by atoms with van der Waals surface area (Å²) >= 11 is 0. The number of nitrogens with one attached hydrogen (secondary N) is 1. The third-order valence-electron chi connectivity index (χ3n) is 3.72. The maximum absolute atomic E-state index is 12.0. The van der Waals surface area contributed by atoms with Crippen LogP contribution in [-0.4, -0.2) is 69.5 Å². The smallest absolute Gasteiger partial charge is 0.411 e. The fourth-order valence-electron chi connectivity index (χ4n) is 2.56. The summed E-state index contributed by atoms with van der Waals surface area (Å²) in [6, 6.07) is 0. The van der Waals surface area contributed by atoms with Gasteiger partial charge in [0.1, 0.15) is 6.61 Å². The number of carbonyl (C=O) groups excluding carboxylic acids is 1. The lowest BCUT2D eigenvalue weighted by molar-refractivity contribution is -0.173. The van der Waals surface area contributed by atoms with Crippen LogP contribution in [0.4, 0.5) is 13.2 Å². The van der Waals surface area contributed by atoms with E-state index >= 15 is 0 Å². The molecule has 1 saturated heterocycles. The van der Waals surface area contributed by atoms with Crippen LogP contribution in [0.15, 0.2) is 4.99 Å². The maximum Gasteiger partial charge on any atom is 0.411 e. The lowest BCUT2D eigenvalue weighted by atomic mass is 9.99. The number of halogens is 3. The molecule has 1 rings (SSSR count). The standard InChI is InChI=1S/C15H26F3N3O3/c1-4-19-14(20-6-5-7-24-10-15(16,17)18)21-8-11(2)12(9-21)13(22)23-3/h11-12H,4-10H2,1-3H3,(H,19,20). The summed E-state index contributed by atoms with van der Waals surface area (Å²) in [5.74, 6) is 0.373. The molecule has 1 heterocycles. The number of likely N-dealkylation sites (tertiary alicyclic amines) is 1. The Hall–Kier alpha value is -1.51. The van der Waals surface area contributed by atoms with Gasteiger partial charge in [-0.2, -0.15) is 13.2 Å². The first kappa shape index (κ1) is 20.5. The largest absolute Gasteiger partial charge is 0.469 e. The number of alkyl halides is 3. The summed E-state index contributed by atoms with van der Waals surface area (Å²) in [6.45, 7) is 4.89. The van der Waals surface area contributed by atoms with Crippen LogP contribution >= 0.6 is 0 Å². The number of nitrogens with zero attached hydrogens (tertiary/aromatic N) is 2. The summed E-state index contributed by atoms with van der Waals surface area (Å²) in [7, 11) is 1.37. The van der Waals surface area contributed by atoms with E-state index in [0.717, 1.165) is 0 Å².